The SMILES string of the molecule is Nc1cccc(Cl)c1-n1ccnc1-c1ccccc1. The van der Waals surface area contributed by atoms with Crippen LogP contribution in [0.4, 0.5) is 5.69 Å². The highest BCUT2D eigenvalue weighted by atomic mass is 35.5. The average molecular weight is 270 g/mol. The number of halogens is 1. The lowest BCUT2D eigenvalue weighted by molar-refractivity contribution is 1.07. The van der Waals surface area contributed by atoms with Gasteiger partial charge in [-0.1, -0.05) is 48.0 Å². The third kappa shape index (κ3) is 2.09. The molecule has 0 aliphatic carbocycles. The second-order valence-corrected chi connectivity index (χ2v) is 4.57. The molecule has 1 aromatic heterocycles. The lowest BCUT2D eigenvalue weighted by atomic mass is 10.2. The van der Waals surface area contributed by atoms with E-state index in [1.807, 2.05) is 59.3 Å². The number of para-hydroxylation sites is 1. The van der Waals surface area contributed by atoms with Crippen molar-refractivity contribution in [3.8, 4) is 17.1 Å². The molecule has 0 spiro atoms. The Morgan fingerprint density at radius 1 is 1.00 bits per heavy atom. The summed E-state index contributed by atoms with van der Waals surface area (Å²) in [5.41, 5.74) is 8.44. The Labute approximate surface area is 116 Å². The first-order valence-electron chi connectivity index (χ1n) is 5.90. The summed E-state index contributed by atoms with van der Waals surface area (Å²) in [6, 6.07) is 15.4. The first-order valence-corrected chi connectivity index (χ1v) is 6.28. The van der Waals surface area contributed by atoms with Crippen molar-refractivity contribution in [2.75, 3.05) is 5.73 Å². The van der Waals surface area contributed by atoms with E-state index >= 15 is 0 Å². The second-order valence-electron chi connectivity index (χ2n) is 4.16. The molecule has 0 radical (unpaired) electrons. The van der Waals surface area contributed by atoms with Gasteiger partial charge in [-0.25, -0.2) is 4.98 Å². The van der Waals surface area contributed by atoms with Crippen LogP contribution in [0, 0.1) is 0 Å². The summed E-state index contributed by atoms with van der Waals surface area (Å²) in [5.74, 6) is 0.820. The topological polar surface area (TPSA) is 43.8 Å². The van der Waals surface area contributed by atoms with Crippen LogP contribution in [0.5, 0.6) is 0 Å². The zero-order valence-electron chi connectivity index (χ0n) is 10.1. The van der Waals surface area contributed by atoms with Gasteiger partial charge in [-0.05, 0) is 12.1 Å². The highest BCUT2D eigenvalue weighted by Crippen LogP contribution is 2.30. The maximum absolute atomic E-state index is 6.25. The molecule has 0 bridgehead atoms. The Balaban J connectivity index is 2.21. The standard InChI is InChI=1S/C15H12ClN3/c16-12-7-4-8-13(17)14(12)19-10-9-18-15(19)11-5-2-1-3-6-11/h1-10H,17H2. The molecular formula is C15H12ClN3. The molecular weight excluding hydrogens is 258 g/mol. The van der Waals surface area contributed by atoms with E-state index in [0.717, 1.165) is 17.1 Å². The molecule has 0 saturated heterocycles. The van der Waals surface area contributed by atoms with Crippen molar-refractivity contribution < 1.29 is 0 Å². The van der Waals surface area contributed by atoms with E-state index in [0.29, 0.717) is 10.7 Å². The van der Waals surface area contributed by atoms with Crippen molar-refractivity contribution in [1.29, 1.82) is 0 Å². The number of nitrogen functional groups attached to an aromatic ring is 1. The first kappa shape index (κ1) is 11.8. The van der Waals surface area contributed by atoms with Gasteiger partial charge >= 0.3 is 0 Å². The predicted octanol–water partition coefficient (Wildman–Crippen LogP) is 3.77. The Hall–Kier alpha value is -2.26. The fourth-order valence-electron chi connectivity index (χ4n) is 2.07. The predicted molar refractivity (Wildman–Crippen MR) is 78.4 cm³/mol. The Morgan fingerprint density at radius 2 is 1.79 bits per heavy atom. The molecule has 3 aromatic rings. The van der Waals surface area contributed by atoms with Gasteiger partial charge in [-0.15, -0.1) is 0 Å². The van der Waals surface area contributed by atoms with E-state index in [4.69, 9.17) is 17.3 Å². The lowest BCUT2D eigenvalue weighted by Gasteiger charge is -2.12. The molecule has 2 N–H and O–H groups in total. The molecule has 2 aromatic carbocycles. The van der Waals surface area contributed by atoms with Crippen LogP contribution < -0.4 is 5.73 Å². The molecule has 19 heavy (non-hydrogen) atoms. The van der Waals surface area contributed by atoms with Crippen LogP contribution in [0.15, 0.2) is 60.9 Å². The molecule has 0 aliphatic heterocycles. The van der Waals surface area contributed by atoms with Crippen LogP contribution in [-0.2, 0) is 0 Å². The number of benzene rings is 2. The summed E-state index contributed by atoms with van der Waals surface area (Å²) in [5, 5.41) is 0.607. The molecule has 0 fully saturated rings. The van der Waals surface area contributed by atoms with Crippen LogP contribution in [0.3, 0.4) is 0 Å². The van der Waals surface area contributed by atoms with Gasteiger partial charge in [0.05, 0.1) is 16.4 Å². The van der Waals surface area contributed by atoms with Gasteiger partial charge in [0.25, 0.3) is 0 Å². The number of aromatic nitrogens is 2. The summed E-state index contributed by atoms with van der Waals surface area (Å²) in [6.07, 6.45) is 3.60. The first-order chi connectivity index (χ1) is 9.27. The molecule has 0 unspecified atom stereocenters. The highest BCUT2D eigenvalue weighted by molar-refractivity contribution is 6.33. The molecule has 0 aliphatic rings. The fraction of sp³-hybridized carbons (Fsp3) is 0. The zero-order chi connectivity index (χ0) is 13.2. The van der Waals surface area contributed by atoms with Crippen LogP contribution >= 0.6 is 11.6 Å². The zero-order valence-corrected chi connectivity index (χ0v) is 10.9. The van der Waals surface area contributed by atoms with Gasteiger partial charge in [0, 0.05) is 18.0 Å². The molecule has 1 heterocycles. The Morgan fingerprint density at radius 3 is 2.53 bits per heavy atom. The van der Waals surface area contributed by atoms with Crippen molar-refractivity contribution in [2.45, 2.75) is 0 Å². The minimum atomic E-state index is 0.607. The largest absolute Gasteiger partial charge is 0.397 e. The smallest absolute Gasteiger partial charge is 0.144 e. The molecule has 3 nitrogen and oxygen atoms in total. The second kappa shape index (κ2) is 4.78. The number of hydrogen-bond acceptors (Lipinski definition) is 2. The van der Waals surface area contributed by atoms with Gasteiger partial charge < -0.3 is 5.73 Å². The molecule has 0 amide bonds. The van der Waals surface area contributed by atoms with Gasteiger partial charge in [0.15, 0.2) is 0 Å². The van der Waals surface area contributed by atoms with E-state index in [1.165, 1.54) is 0 Å². The monoisotopic (exact) mass is 269 g/mol. The number of rotatable bonds is 2. The van der Waals surface area contributed by atoms with Crippen LogP contribution in [0.1, 0.15) is 0 Å². The van der Waals surface area contributed by atoms with Gasteiger partial charge in [-0.3, -0.25) is 4.57 Å². The average Bonchev–Trinajstić information content (AvgIpc) is 2.89. The van der Waals surface area contributed by atoms with Crippen LogP contribution in [0.2, 0.25) is 5.02 Å². The van der Waals surface area contributed by atoms with Crippen molar-refractivity contribution in [3.05, 3.63) is 65.9 Å². The number of hydrogen-bond donors (Lipinski definition) is 1. The normalized spacial score (nSPS) is 10.6. The van der Waals surface area contributed by atoms with Crippen molar-refractivity contribution in [1.82, 2.24) is 9.55 Å². The maximum Gasteiger partial charge on any atom is 0.144 e. The summed E-state index contributed by atoms with van der Waals surface area (Å²) in [6.45, 7) is 0. The number of nitrogens with zero attached hydrogens (tertiary/aromatic N) is 2. The minimum absolute atomic E-state index is 0.607. The van der Waals surface area contributed by atoms with E-state index in [-0.39, 0.29) is 0 Å². The van der Waals surface area contributed by atoms with Gasteiger partial charge in [0.1, 0.15) is 5.82 Å². The van der Waals surface area contributed by atoms with Crippen LogP contribution in [-0.4, -0.2) is 9.55 Å². The summed E-state index contributed by atoms with van der Waals surface area (Å²) >= 11 is 6.25. The van der Waals surface area contributed by atoms with E-state index in [2.05, 4.69) is 4.98 Å². The number of anilines is 1. The summed E-state index contributed by atoms with van der Waals surface area (Å²) < 4.78 is 1.91. The van der Waals surface area contributed by atoms with Crippen molar-refractivity contribution >= 4 is 17.3 Å². The number of nitrogens with two attached hydrogens (primary N) is 1. The summed E-state index contributed by atoms with van der Waals surface area (Å²) in [7, 11) is 0. The van der Waals surface area contributed by atoms with Gasteiger partial charge in [0.2, 0.25) is 0 Å². The molecule has 0 saturated carbocycles. The molecule has 3 rings (SSSR count). The van der Waals surface area contributed by atoms with Gasteiger partial charge in [-0.2, -0.15) is 0 Å². The lowest BCUT2D eigenvalue weighted by Crippen LogP contribution is -2.01. The maximum atomic E-state index is 6.25. The van der Waals surface area contributed by atoms with Crippen LogP contribution in [0.25, 0.3) is 17.1 Å². The Kier molecular flexibility index (Phi) is 2.97. The van der Waals surface area contributed by atoms with E-state index in [1.54, 1.807) is 6.20 Å². The number of imidazole rings is 1. The quantitative estimate of drug-likeness (QED) is 0.720. The summed E-state index contributed by atoms with van der Waals surface area (Å²) in [4.78, 5) is 4.39. The van der Waals surface area contributed by atoms with E-state index < -0.39 is 0 Å². The fourth-order valence-corrected chi connectivity index (χ4v) is 2.34. The van der Waals surface area contributed by atoms with Crippen molar-refractivity contribution in [3.63, 3.8) is 0 Å². The molecule has 0 atom stereocenters. The van der Waals surface area contributed by atoms with E-state index in [9.17, 15) is 0 Å². The minimum Gasteiger partial charge on any atom is -0.397 e. The third-order valence-corrected chi connectivity index (χ3v) is 3.24. The molecule has 4 heteroatoms. The van der Waals surface area contributed by atoms with Crippen molar-refractivity contribution in [2.24, 2.45) is 0 Å². The molecule has 94 valence electrons. The Bertz CT molecular complexity index is 684. The third-order valence-electron chi connectivity index (χ3n) is 2.93. The highest BCUT2D eigenvalue weighted by Gasteiger charge is 2.12.